The van der Waals surface area contributed by atoms with Crippen molar-refractivity contribution in [1.29, 1.82) is 0 Å². The molecular formula is C72H124O6. The van der Waals surface area contributed by atoms with Crippen molar-refractivity contribution in [3.63, 3.8) is 0 Å². The lowest BCUT2D eigenvalue weighted by molar-refractivity contribution is -0.167. The summed E-state index contributed by atoms with van der Waals surface area (Å²) in [5, 5.41) is 0. The number of hydrogen-bond acceptors (Lipinski definition) is 6. The van der Waals surface area contributed by atoms with Crippen molar-refractivity contribution in [2.45, 2.75) is 329 Å². The summed E-state index contributed by atoms with van der Waals surface area (Å²) in [6, 6.07) is 0. The lowest BCUT2D eigenvalue weighted by atomic mass is 10.0. The Balaban J connectivity index is 4.32. The van der Waals surface area contributed by atoms with Gasteiger partial charge in [0.1, 0.15) is 13.2 Å². The summed E-state index contributed by atoms with van der Waals surface area (Å²) >= 11 is 0. The van der Waals surface area contributed by atoms with Crippen LogP contribution >= 0.6 is 0 Å². The summed E-state index contributed by atoms with van der Waals surface area (Å²) in [5.74, 6) is -0.883. The third kappa shape index (κ3) is 63.2. The van der Waals surface area contributed by atoms with E-state index in [1.165, 1.54) is 173 Å². The molecule has 6 heteroatoms. The minimum absolute atomic E-state index is 0.0795. The van der Waals surface area contributed by atoms with Crippen molar-refractivity contribution in [3.05, 3.63) is 97.2 Å². The smallest absolute Gasteiger partial charge is 0.306 e. The van der Waals surface area contributed by atoms with E-state index in [-0.39, 0.29) is 31.1 Å². The number of carbonyl (C=O) groups excluding carboxylic acids is 3. The molecule has 0 aromatic carbocycles. The van der Waals surface area contributed by atoms with Gasteiger partial charge in [0, 0.05) is 19.3 Å². The summed E-state index contributed by atoms with van der Waals surface area (Å²) in [5.41, 5.74) is 0. The number of rotatable bonds is 60. The molecule has 0 rings (SSSR count). The summed E-state index contributed by atoms with van der Waals surface area (Å²) in [6.07, 6.45) is 88.4. The Kier molecular flexibility index (Phi) is 62.7. The average Bonchev–Trinajstić information content (AvgIpc) is 3.44. The zero-order valence-electron chi connectivity index (χ0n) is 51.4. The fraction of sp³-hybridized carbons (Fsp3) is 0.736. The third-order valence-electron chi connectivity index (χ3n) is 14.3. The Morgan fingerprint density at radius 3 is 0.795 bits per heavy atom. The maximum absolute atomic E-state index is 12.9. The van der Waals surface area contributed by atoms with E-state index in [0.29, 0.717) is 19.3 Å². The van der Waals surface area contributed by atoms with Crippen LogP contribution < -0.4 is 0 Å². The molecule has 0 heterocycles. The molecule has 0 N–H and O–H groups in total. The van der Waals surface area contributed by atoms with Gasteiger partial charge in [0.2, 0.25) is 0 Å². The van der Waals surface area contributed by atoms with E-state index in [9.17, 15) is 14.4 Å². The number of carbonyl (C=O) groups is 3. The highest BCUT2D eigenvalue weighted by Crippen LogP contribution is 2.16. The Bertz CT molecular complexity index is 1530. The number of allylic oxidation sites excluding steroid dienone is 16. The van der Waals surface area contributed by atoms with Crippen molar-refractivity contribution < 1.29 is 28.6 Å². The van der Waals surface area contributed by atoms with Crippen LogP contribution in [0.3, 0.4) is 0 Å². The Hall–Kier alpha value is -3.67. The van der Waals surface area contributed by atoms with E-state index in [1.807, 2.05) is 0 Å². The third-order valence-corrected chi connectivity index (χ3v) is 14.3. The summed E-state index contributed by atoms with van der Waals surface area (Å²) in [6.45, 7) is 6.54. The molecule has 0 aliphatic carbocycles. The predicted octanol–water partition coefficient (Wildman–Crippen LogP) is 22.8. The first kappa shape index (κ1) is 74.3. The zero-order chi connectivity index (χ0) is 56.4. The zero-order valence-corrected chi connectivity index (χ0v) is 51.4. The lowest BCUT2D eigenvalue weighted by Gasteiger charge is -2.18. The van der Waals surface area contributed by atoms with E-state index in [0.717, 1.165) is 109 Å². The standard InChI is InChI=1S/C72H124O6/c1-4-7-10-13-16-19-22-25-27-29-31-32-33-34-35-36-37-38-39-40-41-43-44-47-50-53-56-59-62-65-71(74)77-68-69(67-76-70(73)64-61-58-55-52-49-46-24-21-18-15-12-9-6-3)78-72(75)66-63-60-57-54-51-48-45-42-30-28-26-23-20-17-14-11-8-5-2/h7,10,16,19,25,27-28,30-32,34-35,37-38,40-41,69H,4-6,8-9,11-15,17-18,20-24,26,29,33,36,39,42-68H2,1-3H3/b10-7-,19-16-,27-25-,30-28-,32-31-,35-34-,38-37-,41-40-. The molecule has 1 unspecified atom stereocenters. The van der Waals surface area contributed by atoms with Gasteiger partial charge in [-0.05, 0) is 103 Å². The van der Waals surface area contributed by atoms with E-state index in [2.05, 4.69) is 118 Å². The Morgan fingerprint density at radius 1 is 0.269 bits per heavy atom. The summed E-state index contributed by atoms with van der Waals surface area (Å²) in [7, 11) is 0. The molecule has 6 nitrogen and oxygen atoms in total. The fourth-order valence-corrected chi connectivity index (χ4v) is 9.36. The quantitative estimate of drug-likeness (QED) is 0.0261. The first-order chi connectivity index (χ1) is 38.5. The second kappa shape index (κ2) is 65.8. The van der Waals surface area contributed by atoms with Gasteiger partial charge in [0.25, 0.3) is 0 Å². The maximum Gasteiger partial charge on any atom is 0.306 e. The van der Waals surface area contributed by atoms with E-state index >= 15 is 0 Å². The van der Waals surface area contributed by atoms with E-state index in [4.69, 9.17) is 14.2 Å². The molecule has 0 radical (unpaired) electrons. The van der Waals surface area contributed by atoms with Crippen LogP contribution in [0.1, 0.15) is 323 Å². The highest BCUT2D eigenvalue weighted by molar-refractivity contribution is 5.71. The molecule has 0 aliphatic heterocycles. The highest BCUT2D eigenvalue weighted by atomic mass is 16.6. The molecule has 1 atom stereocenters. The summed E-state index contributed by atoms with van der Waals surface area (Å²) < 4.78 is 16.9. The molecule has 0 aromatic heterocycles. The Labute approximate surface area is 483 Å². The number of unbranched alkanes of at least 4 members (excludes halogenated alkanes) is 33. The Morgan fingerprint density at radius 2 is 0.500 bits per heavy atom. The van der Waals surface area contributed by atoms with Crippen LogP contribution in [0.15, 0.2) is 97.2 Å². The van der Waals surface area contributed by atoms with Gasteiger partial charge < -0.3 is 14.2 Å². The number of ether oxygens (including phenoxy) is 3. The van der Waals surface area contributed by atoms with Crippen molar-refractivity contribution in [1.82, 2.24) is 0 Å². The minimum Gasteiger partial charge on any atom is -0.462 e. The van der Waals surface area contributed by atoms with Crippen LogP contribution in [0.2, 0.25) is 0 Å². The van der Waals surface area contributed by atoms with E-state index in [1.54, 1.807) is 0 Å². The van der Waals surface area contributed by atoms with Crippen LogP contribution in [0.4, 0.5) is 0 Å². The molecule has 0 aromatic rings. The highest BCUT2D eigenvalue weighted by Gasteiger charge is 2.19. The number of esters is 3. The summed E-state index contributed by atoms with van der Waals surface area (Å²) in [4.78, 5) is 38.3. The topological polar surface area (TPSA) is 78.9 Å². The van der Waals surface area contributed by atoms with Crippen molar-refractivity contribution >= 4 is 17.9 Å². The van der Waals surface area contributed by atoms with Crippen LogP contribution in [0.25, 0.3) is 0 Å². The van der Waals surface area contributed by atoms with Gasteiger partial charge in [0.15, 0.2) is 6.10 Å². The molecule has 0 bridgehead atoms. The molecule has 448 valence electrons. The average molecular weight is 1090 g/mol. The fourth-order valence-electron chi connectivity index (χ4n) is 9.36. The van der Waals surface area contributed by atoms with Gasteiger partial charge in [-0.25, -0.2) is 0 Å². The van der Waals surface area contributed by atoms with Gasteiger partial charge in [-0.3, -0.25) is 14.4 Å². The first-order valence-corrected chi connectivity index (χ1v) is 33.2. The molecule has 0 saturated carbocycles. The van der Waals surface area contributed by atoms with Gasteiger partial charge in [-0.2, -0.15) is 0 Å². The normalized spacial score (nSPS) is 12.7. The van der Waals surface area contributed by atoms with Gasteiger partial charge >= 0.3 is 17.9 Å². The lowest BCUT2D eigenvalue weighted by Crippen LogP contribution is -2.30. The van der Waals surface area contributed by atoms with Gasteiger partial charge in [-0.1, -0.05) is 298 Å². The van der Waals surface area contributed by atoms with Crippen molar-refractivity contribution in [2.24, 2.45) is 0 Å². The molecular weight excluding hydrogens is 961 g/mol. The molecule has 78 heavy (non-hydrogen) atoms. The minimum atomic E-state index is -0.784. The van der Waals surface area contributed by atoms with Crippen molar-refractivity contribution in [3.8, 4) is 0 Å². The monoisotopic (exact) mass is 1080 g/mol. The predicted molar refractivity (Wildman–Crippen MR) is 339 cm³/mol. The van der Waals surface area contributed by atoms with Crippen LogP contribution in [0, 0.1) is 0 Å². The van der Waals surface area contributed by atoms with Gasteiger partial charge in [0.05, 0.1) is 0 Å². The van der Waals surface area contributed by atoms with Crippen LogP contribution in [-0.4, -0.2) is 37.2 Å². The SMILES string of the molecule is CC/C=C\C/C=C\C/C=C\C/C=C\C/C=C\C/C=C\C/C=C\CCCCCCCCCC(=O)OCC(COC(=O)CCCCCCCCCCCCCCC)OC(=O)CCCCCCCCC/C=C\CCCCCCCCC. The van der Waals surface area contributed by atoms with Crippen LogP contribution in [0.5, 0.6) is 0 Å². The van der Waals surface area contributed by atoms with E-state index < -0.39 is 6.10 Å². The first-order valence-electron chi connectivity index (χ1n) is 33.2. The van der Waals surface area contributed by atoms with Gasteiger partial charge in [-0.15, -0.1) is 0 Å². The molecule has 0 saturated heterocycles. The molecule has 0 amide bonds. The molecule has 0 fully saturated rings. The maximum atomic E-state index is 12.9. The second-order valence-corrected chi connectivity index (χ2v) is 22.0. The largest absolute Gasteiger partial charge is 0.462 e. The second-order valence-electron chi connectivity index (χ2n) is 22.0. The molecule has 0 spiro atoms. The van der Waals surface area contributed by atoms with Crippen molar-refractivity contribution in [2.75, 3.05) is 13.2 Å². The number of hydrogen-bond donors (Lipinski definition) is 0. The molecule has 0 aliphatic rings. The van der Waals surface area contributed by atoms with Crippen LogP contribution in [-0.2, 0) is 28.6 Å².